The molecular formula is C25H34NO+. The van der Waals surface area contributed by atoms with Crippen LogP contribution < -0.4 is 5.32 Å². The van der Waals surface area contributed by atoms with E-state index in [0.29, 0.717) is 6.42 Å². The van der Waals surface area contributed by atoms with Crippen molar-refractivity contribution in [2.24, 2.45) is 11.8 Å². The van der Waals surface area contributed by atoms with E-state index in [0.717, 1.165) is 18.4 Å². The van der Waals surface area contributed by atoms with Gasteiger partial charge in [0.05, 0.1) is 5.60 Å². The van der Waals surface area contributed by atoms with Crippen molar-refractivity contribution in [1.29, 1.82) is 0 Å². The molecule has 1 heterocycles. The first-order valence-electron chi connectivity index (χ1n) is 10.3. The van der Waals surface area contributed by atoms with Crippen LogP contribution in [-0.2, 0) is 0 Å². The smallest absolute Gasteiger partial charge is 0.118 e. The average molecular weight is 365 g/mol. The Kier molecular flexibility index (Phi) is 6.18. The minimum absolute atomic E-state index is 0.146. The first kappa shape index (κ1) is 19.9. The number of hydrogen-bond donors (Lipinski definition) is 2. The molecule has 0 radical (unpaired) electrons. The molecule has 0 aliphatic carbocycles. The quantitative estimate of drug-likeness (QED) is 0.710. The van der Waals surface area contributed by atoms with Crippen LogP contribution in [0.1, 0.15) is 63.2 Å². The van der Waals surface area contributed by atoms with Gasteiger partial charge in [-0.25, -0.2) is 0 Å². The molecule has 27 heavy (non-hydrogen) atoms. The Morgan fingerprint density at radius 1 is 1.00 bits per heavy atom. The molecule has 0 spiro atoms. The van der Waals surface area contributed by atoms with Crippen molar-refractivity contribution in [2.45, 2.75) is 57.7 Å². The molecular weight excluding hydrogens is 330 g/mol. The number of benzene rings is 2. The molecule has 0 unspecified atom stereocenters. The topological polar surface area (TPSA) is 36.8 Å². The number of hydrogen-bond acceptors (Lipinski definition) is 1. The van der Waals surface area contributed by atoms with Crippen molar-refractivity contribution in [2.75, 3.05) is 0 Å². The highest BCUT2D eigenvalue weighted by Crippen LogP contribution is 2.47. The van der Waals surface area contributed by atoms with Gasteiger partial charge < -0.3 is 10.4 Å². The Morgan fingerprint density at radius 2 is 1.52 bits per heavy atom. The summed E-state index contributed by atoms with van der Waals surface area (Å²) in [5, 5.41) is 14.6. The molecule has 2 nitrogen and oxygen atoms in total. The Morgan fingerprint density at radius 3 is 2.00 bits per heavy atom. The third-order valence-corrected chi connectivity index (χ3v) is 6.37. The molecule has 3 rings (SSSR count). The predicted molar refractivity (Wildman–Crippen MR) is 112 cm³/mol. The van der Waals surface area contributed by atoms with E-state index in [1.165, 1.54) is 11.1 Å². The highest BCUT2D eigenvalue weighted by Gasteiger charge is 2.55. The maximum absolute atomic E-state index is 12.1. The Bertz CT molecular complexity index is 741. The lowest BCUT2D eigenvalue weighted by atomic mass is 9.62. The molecule has 1 aliphatic heterocycles. The van der Waals surface area contributed by atoms with E-state index in [1.54, 1.807) is 0 Å². The molecule has 144 valence electrons. The second-order valence-electron chi connectivity index (χ2n) is 8.37. The molecule has 1 saturated heterocycles. The Balaban J connectivity index is 2.09. The summed E-state index contributed by atoms with van der Waals surface area (Å²) < 4.78 is 0. The second kappa shape index (κ2) is 8.41. The van der Waals surface area contributed by atoms with Crippen LogP contribution in [0.4, 0.5) is 0 Å². The molecule has 2 aromatic rings. The van der Waals surface area contributed by atoms with Crippen molar-refractivity contribution in [3.63, 3.8) is 0 Å². The molecule has 2 aromatic carbocycles. The molecule has 5 atom stereocenters. The van der Waals surface area contributed by atoms with Gasteiger partial charge in [0.2, 0.25) is 0 Å². The first-order chi connectivity index (χ1) is 13.0. The lowest BCUT2D eigenvalue weighted by Gasteiger charge is -2.51. The van der Waals surface area contributed by atoms with Gasteiger partial charge in [0.1, 0.15) is 12.1 Å². The van der Waals surface area contributed by atoms with Crippen molar-refractivity contribution in [3.8, 4) is 0 Å². The van der Waals surface area contributed by atoms with Crippen LogP contribution in [-0.4, -0.2) is 10.7 Å². The van der Waals surface area contributed by atoms with Crippen LogP contribution in [0.15, 0.2) is 72.8 Å². The van der Waals surface area contributed by atoms with E-state index in [2.05, 4.69) is 86.4 Å². The fourth-order valence-corrected chi connectivity index (χ4v) is 5.09. The molecule has 0 saturated carbocycles. The largest absolute Gasteiger partial charge is 0.388 e. The standard InChI is InChI=1S/C25H33NO/c1-5-12-22-24(21-15-10-7-11-16-21)26-23(20-13-8-6-9-14-20)19(4)25(22,27)17-18(2)3/h6-11,13-16,19,22-24,26-27H,2,5,12,17H2,1,3-4H3/p+1/t19-,22-,23-,24-,25+/m0/s1. The highest BCUT2D eigenvalue weighted by atomic mass is 16.3. The highest BCUT2D eigenvalue weighted by molar-refractivity contribution is 5.24. The molecule has 1 fully saturated rings. The molecule has 0 aromatic heterocycles. The zero-order valence-corrected chi connectivity index (χ0v) is 16.9. The van der Waals surface area contributed by atoms with Crippen LogP contribution in [0, 0.1) is 11.8 Å². The molecule has 0 amide bonds. The van der Waals surface area contributed by atoms with Crippen LogP contribution in [0.2, 0.25) is 0 Å². The van der Waals surface area contributed by atoms with Crippen LogP contribution in [0.3, 0.4) is 0 Å². The number of aliphatic hydroxyl groups is 1. The van der Waals surface area contributed by atoms with Gasteiger partial charge in [0.15, 0.2) is 0 Å². The normalized spacial score (nSPS) is 30.8. The van der Waals surface area contributed by atoms with E-state index in [-0.39, 0.29) is 23.9 Å². The minimum Gasteiger partial charge on any atom is -0.388 e. The fraction of sp³-hybridized carbons (Fsp3) is 0.440. The van der Waals surface area contributed by atoms with E-state index in [4.69, 9.17) is 0 Å². The summed E-state index contributed by atoms with van der Waals surface area (Å²) in [5.74, 6) is 0.352. The third-order valence-electron chi connectivity index (χ3n) is 6.37. The van der Waals surface area contributed by atoms with Gasteiger partial charge in [0.25, 0.3) is 0 Å². The van der Waals surface area contributed by atoms with Crippen LogP contribution >= 0.6 is 0 Å². The van der Waals surface area contributed by atoms with Gasteiger partial charge in [-0.3, -0.25) is 0 Å². The van der Waals surface area contributed by atoms with Gasteiger partial charge >= 0.3 is 0 Å². The van der Waals surface area contributed by atoms with E-state index in [9.17, 15) is 5.11 Å². The Hall–Kier alpha value is -1.90. The Labute approximate surface area is 164 Å². The average Bonchev–Trinajstić information content (AvgIpc) is 2.67. The first-order valence-corrected chi connectivity index (χ1v) is 10.3. The molecule has 1 aliphatic rings. The maximum Gasteiger partial charge on any atom is 0.118 e. The number of quaternary nitrogens is 1. The summed E-state index contributed by atoms with van der Waals surface area (Å²) in [6.07, 6.45) is 2.76. The third kappa shape index (κ3) is 4.02. The van der Waals surface area contributed by atoms with Crippen molar-refractivity contribution < 1.29 is 10.4 Å². The van der Waals surface area contributed by atoms with Crippen LogP contribution in [0.5, 0.6) is 0 Å². The van der Waals surface area contributed by atoms with E-state index in [1.807, 2.05) is 6.92 Å². The fourth-order valence-electron chi connectivity index (χ4n) is 5.09. The summed E-state index contributed by atoms with van der Waals surface area (Å²) in [5.41, 5.74) is 2.91. The monoisotopic (exact) mass is 364 g/mol. The summed E-state index contributed by atoms with van der Waals surface area (Å²) in [6, 6.07) is 21.8. The van der Waals surface area contributed by atoms with E-state index < -0.39 is 5.60 Å². The van der Waals surface area contributed by atoms with Gasteiger partial charge in [-0.2, -0.15) is 0 Å². The molecule has 2 heteroatoms. The second-order valence-corrected chi connectivity index (χ2v) is 8.37. The van der Waals surface area contributed by atoms with Gasteiger partial charge in [-0.05, 0) is 19.8 Å². The molecule has 3 N–H and O–H groups in total. The zero-order chi connectivity index (χ0) is 19.4. The van der Waals surface area contributed by atoms with Crippen molar-refractivity contribution in [3.05, 3.63) is 83.9 Å². The lowest BCUT2D eigenvalue weighted by Crippen LogP contribution is -2.93. The maximum atomic E-state index is 12.1. The summed E-state index contributed by atoms with van der Waals surface area (Å²) in [6.45, 7) is 10.6. The number of piperidine rings is 1. The van der Waals surface area contributed by atoms with Crippen LogP contribution in [0.25, 0.3) is 0 Å². The zero-order valence-electron chi connectivity index (χ0n) is 16.9. The SMILES string of the molecule is C=C(C)C[C@@]1(O)[C@@H](C)[C@@H](c2ccccc2)[NH2+][C@@H](c2ccccc2)[C@@H]1CCC. The summed E-state index contributed by atoms with van der Waals surface area (Å²) in [4.78, 5) is 0. The lowest BCUT2D eigenvalue weighted by molar-refractivity contribution is -0.764. The van der Waals surface area contributed by atoms with E-state index >= 15 is 0 Å². The summed E-state index contributed by atoms with van der Waals surface area (Å²) in [7, 11) is 0. The minimum atomic E-state index is -0.752. The predicted octanol–water partition coefficient (Wildman–Crippen LogP) is 4.80. The van der Waals surface area contributed by atoms with Crippen molar-refractivity contribution >= 4 is 0 Å². The van der Waals surface area contributed by atoms with Gasteiger partial charge in [-0.15, -0.1) is 6.58 Å². The van der Waals surface area contributed by atoms with Gasteiger partial charge in [-0.1, -0.05) is 86.5 Å². The number of nitrogens with two attached hydrogens (primary N) is 1. The van der Waals surface area contributed by atoms with Crippen molar-refractivity contribution in [1.82, 2.24) is 0 Å². The summed E-state index contributed by atoms with van der Waals surface area (Å²) >= 11 is 0. The molecule has 0 bridgehead atoms. The number of rotatable bonds is 6. The van der Waals surface area contributed by atoms with Gasteiger partial charge in [0, 0.05) is 23.0 Å².